The molecule has 5 heteroatoms. The summed E-state index contributed by atoms with van der Waals surface area (Å²) in [6.45, 7) is 6.76. The highest BCUT2D eigenvalue weighted by molar-refractivity contribution is 5.01. The summed E-state index contributed by atoms with van der Waals surface area (Å²) in [4.78, 5) is 0. The van der Waals surface area contributed by atoms with E-state index in [0.717, 1.165) is 5.57 Å². The molecule has 0 saturated carbocycles. The van der Waals surface area contributed by atoms with Gasteiger partial charge in [0.1, 0.15) is 6.61 Å². The summed E-state index contributed by atoms with van der Waals surface area (Å²) < 4.78 is 39.7. The lowest BCUT2D eigenvalue weighted by molar-refractivity contribution is -0.174. The Balaban J connectivity index is 3.77. The molecule has 0 amide bonds. The van der Waals surface area contributed by atoms with Crippen molar-refractivity contribution in [3.05, 3.63) is 12.2 Å². The molecule has 1 unspecified atom stereocenters. The summed E-state index contributed by atoms with van der Waals surface area (Å²) in [6, 6.07) is -0.206. The minimum Gasteiger partial charge on any atom is -0.370 e. The molecule has 84 valence electrons. The molecule has 2 nitrogen and oxygen atoms in total. The van der Waals surface area contributed by atoms with Crippen molar-refractivity contribution < 1.29 is 17.9 Å². The molecular formula is C9H16F3NO. The minimum atomic E-state index is -4.26. The number of hydrogen-bond donors (Lipinski definition) is 1. The summed E-state index contributed by atoms with van der Waals surface area (Å²) >= 11 is 0. The molecule has 1 atom stereocenters. The first-order valence-corrected chi connectivity index (χ1v) is 4.40. The van der Waals surface area contributed by atoms with Gasteiger partial charge in [0.05, 0.1) is 12.6 Å². The number of nitrogens with one attached hydrogen (secondary N) is 1. The van der Waals surface area contributed by atoms with Crippen LogP contribution >= 0.6 is 0 Å². The minimum absolute atomic E-state index is 0.00266. The summed E-state index contributed by atoms with van der Waals surface area (Å²) in [7, 11) is 0. The van der Waals surface area contributed by atoms with Gasteiger partial charge in [0.2, 0.25) is 0 Å². The van der Waals surface area contributed by atoms with Gasteiger partial charge in [0, 0.05) is 0 Å². The van der Waals surface area contributed by atoms with Crippen molar-refractivity contribution in [2.75, 3.05) is 19.8 Å². The second-order valence-corrected chi connectivity index (χ2v) is 3.09. The Morgan fingerprint density at radius 3 is 2.43 bits per heavy atom. The van der Waals surface area contributed by atoms with Crippen LogP contribution in [0.2, 0.25) is 0 Å². The molecule has 1 N–H and O–H groups in total. The van der Waals surface area contributed by atoms with Crippen LogP contribution in [0.25, 0.3) is 0 Å². The first kappa shape index (κ1) is 13.4. The molecule has 0 aliphatic heterocycles. The van der Waals surface area contributed by atoms with Crippen molar-refractivity contribution in [3.63, 3.8) is 0 Å². The lowest BCUT2D eigenvalue weighted by Crippen LogP contribution is -2.35. The Labute approximate surface area is 82.1 Å². The molecule has 0 radical (unpaired) electrons. The van der Waals surface area contributed by atoms with Crippen molar-refractivity contribution in [2.45, 2.75) is 26.1 Å². The Bertz CT molecular complexity index is 179. The Kier molecular flexibility index (Phi) is 5.79. The van der Waals surface area contributed by atoms with Crippen molar-refractivity contribution in [3.8, 4) is 0 Å². The maximum atomic E-state index is 11.7. The van der Waals surface area contributed by atoms with Crippen molar-refractivity contribution in [2.24, 2.45) is 0 Å². The third-order valence-electron chi connectivity index (χ3n) is 1.60. The zero-order chi connectivity index (χ0) is 11.2. The topological polar surface area (TPSA) is 21.3 Å². The monoisotopic (exact) mass is 211 g/mol. The van der Waals surface area contributed by atoms with E-state index in [9.17, 15) is 13.2 Å². The molecule has 14 heavy (non-hydrogen) atoms. The molecule has 0 bridgehead atoms. The van der Waals surface area contributed by atoms with Crippen LogP contribution in [-0.4, -0.2) is 32.0 Å². The van der Waals surface area contributed by atoms with Crippen LogP contribution in [0.3, 0.4) is 0 Å². The highest BCUT2D eigenvalue weighted by Crippen LogP contribution is 2.14. The van der Waals surface area contributed by atoms with E-state index in [0.29, 0.717) is 6.54 Å². The summed E-state index contributed by atoms with van der Waals surface area (Å²) in [5.74, 6) is 0. The average Bonchev–Trinajstić information content (AvgIpc) is 2.00. The van der Waals surface area contributed by atoms with Crippen molar-refractivity contribution in [1.82, 2.24) is 5.32 Å². The molecule has 0 rings (SSSR count). The van der Waals surface area contributed by atoms with Gasteiger partial charge in [0.25, 0.3) is 0 Å². The lowest BCUT2D eigenvalue weighted by Gasteiger charge is -2.18. The van der Waals surface area contributed by atoms with Gasteiger partial charge in [-0.3, -0.25) is 0 Å². The van der Waals surface area contributed by atoms with Crippen LogP contribution in [0.1, 0.15) is 13.8 Å². The van der Waals surface area contributed by atoms with E-state index in [1.807, 2.05) is 6.92 Å². The van der Waals surface area contributed by atoms with Crippen LogP contribution in [0.15, 0.2) is 12.2 Å². The SMILES string of the molecule is C=C(C)C(COCC(F)(F)F)NCC. The van der Waals surface area contributed by atoms with E-state index in [4.69, 9.17) is 0 Å². The van der Waals surface area contributed by atoms with E-state index in [-0.39, 0.29) is 12.6 Å². The van der Waals surface area contributed by atoms with Gasteiger partial charge < -0.3 is 10.1 Å². The largest absolute Gasteiger partial charge is 0.411 e. The van der Waals surface area contributed by atoms with E-state index >= 15 is 0 Å². The smallest absolute Gasteiger partial charge is 0.370 e. The number of rotatable bonds is 6. The molecule has 0 saturated heterocycles. The van der Waals surface area contributed by atoms with Gasteiger partial charge in [-0.15, -0.1) is 0 Å². The van der Waals surface area contributed by atoms with Crippen LogP contribution in [0.4, 0.5) is 13.2 Å². The lowest BCUT2D eigenvalue weighted by atomic mass is 10.1. The van der Waals surface area contributed by atoms with Crippen molar-refractivity contribution in [1.29, 1.82) is 0 Å². The number of likely N-dealkylation sites (N-methyl/N-ethyl adjacent to an activating group) is 1. The molecule has 0 heterocycles. The molecule has 0 aromatic carbocycles. The van der Waals surface area contributed by atoms with E-state index in [2.05, 4.69) is 16.6 Å². The highest BCUT2D eigenvalue weighted by Gasteiger charge is 2.27. The Morgan fingerprint density at radius 2 is 2.07 bits per heavy atom. The molecular weight excluding hydrogens is 195 g/mol. The quantitative estimate of drug-likeness (QED) is 0.679. The van der Waals surface area contributed by atoms with Gasteiger partial charge in [-0.1, -0.05) is 19.1 Å². The van der Waals surface area contributed by atoms with Gasteiger partial charge >= 0.3 is 6.18 Å². The molecule has 0 spiro atoms. The summed E-state index contributed by atoms with van der Waals surface area (Å²) in [5.41, 5.74) is 0.772. The third-order valence-corrected chi connectivity index (χ3v) is 1.60. The fraction of sp³-hybridized carbons (Fsp3) is 0.778. The van der Waals surface area contributed by atoms with Crippen LogP contribution in [0.5, 0.6) is 0 Å². The van der Waals surface area contributed by atoms with Crippen LogP contribution in [0, 0.1) is 0 Å². The summed E-state index contributed by atoms with van der Waals surface area (Å²) in [6.07, 6.45) is -4.26. The number of halogens is 3. The van der Waals surface area contributed by atoms with Crippen LogP contribution < -0.4 is 5.32 Å². The molecule has 0 aliphatic carbocycles. The predicted octanol–water partition coefficient (Wildman–Crippen LogP) is 2.12. The zero-order valence-electron chi connectivity index (χ0n) is 8.45. The van der Waals surface area contributed by atoms with E-state index in [1.54, 1.807) is 6.92 Å². The zero-order valence-corrected chi connectivity index (χ0v) is 8.45. The fourth-order valence-corrected chi connectivity index (χ4v) is 0.914. The Morgan fingerprint density at radius 1 is 1.50 bits per heavy atom. The fourth-order valence-electron chi connectivity index (χ4n) is 0.914. The molecule has 0 aromatic rings. The number of ether oxygens (including phenoxy) is 1. The third kappa shape index (κ3) is 6.91. The second kappa shape index (κ2) is 6.03. The maximum absolute atomic E-state index is 11.7. The van der Waals surface area contributed by atoms with E-state index < -0.39 is 12.8 Å². The average molecular weight is 211 g/mol. The maximum Gasteiger partial charge on any atom is 0.411 e. The second-order valence-electron chi connectivity index (χ2n) is 3.09. The normalized spacial score (nSPS) is 14.1. The molecule has 0 aliphatic rings. The Hall–Kier alpha value is -0.550. The van der Waals surface area contributed by atoms with Crippen molar-refractivity contribution >= 4 is 0 Å². The first-order valence-electron chi connectivity index (χ1n) is 4.40. The van der Waals surface area contributed by atoms with Gasteiger partial charge in [-0.25, -0.2) is 0 Å². The predicted molar refractivity (Wildman–Crippen MR) is 49.2 cm³/mol. The van der Waals surface area contributed by atoms with Gasteiger partial charge in [0.15, 0.2) is 0 Å². The standard InChI is InChI=1S/C9H16F3NO/c1-4-13-8(7(2)3)5-14-6-9(10,11)12/h8,13H,2,4-6H2,1,3H3. The number of alkyl halides is 3. The summed E-state index contributed by atoms with van der Waals surface area (Å²) in [5, 5.41) is 2.98. The molecule has 0 fully saturated rings. The highest BCUT2D eigenvalue weighted by atomic mass is 19.4. The van der Waals surface area contributed by atoms with E-state index in [1.165, 1.54) is 0 Å². The first-order chi connectivity index (χ1) is 6.37. The van der Waals surface area contributed by atoms with Gasteiger partial charge in [-0.05, 0) is 13.5 Å². The number of hydrogen-bond acceptors (Lipinski definition) is 2. The molecule has 0 aromatic heterocycles. The van der Waals surface area contributed by atoms with Crippen LogP contribution in [-0.2, 0) is 4.74 Å². The van der Waals surface area contributed by atoms with Gasteiger partial charge in [-0.2, -0.15) is 13.2 Å².